The molecule has 3 saturated carbocycles. The Labute approximate surface area is 274 Å². The van der Waals surface area contributed by atoms with Crippen LogP contribution < -0.4 is 9.64 Å². The maximum absolute atomic E-state index is 13.6. The zero-order valence-electron chi connectivity index (χ0n) is 28.0. The van der Waals surface area contributed by atoms with Crippen LogP contribution in [0.25, 0.3) is 0 Å². The van der Waals surface area contributed by atoms with Crippen molar-refractivity contribution in [2.24, 2.45) is 41.4 Å². The fraction of sp³-hybridized carbons (Fsp3) is 0.658. The van der Waals surface area contributed by atoms with E-state index < -0.39 is 5.60 Å². The van der Waals surface area contributed by atoms with Crippen LogP contribution in [0.2, 0.25) is 0 Å². The third kappa shape index (κ3) is 5.48. The normalized spacial score (nSPS) is 33.2. The molecule has 3 unspecified atom stereocenters. The largest absolute Gasteiger partial charge is 0.475 e. The predicted octanol–water partition coefficient (Wildman–Crippen LogP) is 5.28. The molecule has 244 valence electrons. The number of ether oxygens (including phenoxy) is 2. The topological polar surface area (TPSA) is 81.9 Å². The number of aromatic nitrogens is 1. The molecule has 8 nitrogen and oxygen atoms in total. The predicted molar refractivity (Wildman–Crippen MR) is 176 cm³/mol. The van der Waals surface area contributed by atoms with Crippen molar-refractivity contribution >= 4 is 11.8 Å². The lowest BCUT2D eigenvalue weighted by atomic mass is 9.91. The molecule has 8 atom stereocenters. The minimum Gasteiger partial charge on any atom is -0.475 e. The van der Waals surface area contributed by atoms with E-state index in [2.05, 4.69) is 58.1 Å². The second-order valence-corrected chi connectivity index (χ2v) is 16.1. The molecule has 1 aromatic heterocycles. The van der Waals surface area contributed by atoms with Gasteiger partial charge in [0.05, 0.1) is 5.92 Å². The maximum atomic E-state index is 13.6. The van der Waals surface area contributed by atoms with Crippen LogP contribution in [0.15, 0.2) is 30.3 Å². The standard InChI is InChI=1S/C38H49N5O3/c1-38(2,3)46-37(44)34-32-25-12-13-26-31(33(26)34)21-43(20-30(25)32)35-27-14-16-42(18-23-9-6-5-7-10-23)19-29(27)28(17-39)36(40-35)45-22-24-11-8-15-41(24)4/h5-7,9-10,24-26,30-34H,8,11-16,18-22H2,1-4H3/t24-,25-,26+,30+,31-,32?,33?,34?/m0/s1. The van der Waals surface area contributed by atoms with Crippen LogP contribution in [0.1, 0.15) is 68.7 Å². The highest BCUT2D eigenvalue weighted by atomic mass is 16.6. The van der Waals surface area contributed by atoms with Gasteiger partial charge >= 0.3 is 5.97 Å². The van der Waals surface area contributed by atoms with Crippen LogP contribution in [0.4, 0.5) is 5.82 Å². The quantitative estimate of drug-likeness (QED) is 0.386. The van der Waals surface area contributed by atoms with Gasteiger partial charge in [-0.05, 0) is 113 Å². The lowest BCUT2D eigenvalue weighted by molar-refractivity contribution is -0.162. The van der Waals surface area contributed by atoms with Crippen molar-refractivity contribution in [2.45, 2.75) is 77.6 Å². The van der Waals surface area contributed by atoms with Crippen molar-refractivity contribution in [2.75, 3.05) is 44.7 Å². The minimum atomic E-state index is -0.455. The van der Waals surface area contributed by atoms with E-state index in [0.717, 1.165) is 63.5 Å². The van der Waals surface area contributed by atoms with Gasteiger partial charge in [0.2, 0.25) is 5.88 Å². The van der Waals surface area contributed by atoms with Crippen LogP contribution in [0, 0.1) is 52.8 Å². The third-order valence-electron chi connectivity index (χ3n) is 12.2. The number of nitrogens with zero attached hydrogens (tertiary/aromatic N) is 5. The molecule has 4 heterocycles. The van der Waals surface area contributed by atoms with Gasteiger partial charge in [0.15, 0.2) is 0 Å². The van der Waals surface area contributed by atoms with Gasteiger partial charge < -0.3 is 19.3 Å². The number of benzene rings is 1. The summed E-state index contributed by atoms with van der Waals surface area (Å²) in [6, 6.07) is 13.5. The summed E-state index contributed by atoms with van der Waals surface area (Å²) in [5.41, 5.74) is 3.78. The number of hydrogen-bond donors (Lipinski definition) is 0. The molecule has 3 aliphatic carbocycles. The lowest BCUT2D eigenvalue weighted by Gasteiger charge is -2.35. The van der Waals surface area contributed by atoms with Crippen LogP contribution in [-0.4, -0.2) is 72.2 Å². The molecular weight excluding hydrogens is 574 g/mol. The highest BCUT2D eigenvalue weighted by molar-refractivity contribution is 5.75. The van der Waals surface area contributed by atoms with Gasteiger partial charge in [-0.2, -0.15) is 10.2 Å². The molecule has 1 aromatic carbocycles. The molecule has 2 bridgehead atoms. The van der Waals surface area contributed by atoms with E-state index in [4.69, 9.17) is 14.5 Å². The van der Waals surface area contributed by atoms with Crippen molar-refractivity contribution in [3.63, 3.8) is 0 Å². The van der Waals surface area contributed by atoms with Gasteiger partial charge in [0.1, 0.15) is 29.7 Å². The average molecular weight is 624 g/mol. The minimum absolute atomic E-state index is 0.0396. The Morgan fingerprint density at radius 2 is 1.72 bits per heavy atom. The molecule has 8 rings (SSSR count). The molecule has 0 N–H and O–H groups in total. The molecule has 6 aliphatic rings. The Balaban J connectivity index is 1.12. The number of nitriles is 1. The van der Waals surface area contributed by atoms with Crippen molar-refractivity contribution in [1.29, 1.82) is 5.26 Å². The number of likely N-dealkylation sites (N-methyl/N-ethyl adjacent to an activating group) is 1. The highest BCUT2D eigenvalue weighted by Crippen LogP contribution is 2.69. The van der Waals surface area contributed by atoms with Crippen molar-refractivity contribution in [1.82, 2.24) is 14.8 Å². The Hall–Kier alpha value is -3.15. The molecule has 8 heteroatoms. The number of carbonyl (C=O) groups excluding carboxylic acids is 1. The number of fused-ring (bicyclic) bond motifs is 3. The fourth-order valence-corrected chi connectivity index (χ4v) is 9.89. The van der Waals surface area contributed by atoms with Gasteiger partial charge in [-0.3, -0.25) is 9.69 Å². The number of carbonyl (C=O) groups is 1. The number of likely N-dealkylation sites (tertiary alicyclic amines) is 1. The summed E-state index contributed by atoms with van der Waals surface area (Å²) in [4.78, 5) is 26.3. The van der Waals surface area contributed by atoms with Crippen molar-refractivity contribution in [3.05, 3.63) is 52.6 Å². The maximum Gasteiger partial charge on any atom is 0.310 e. The van der Waals surface area contributed by atoms with Crippen LogP contribution >= 0.6 is 0 Å². The first-order valence-corrected chi connectivity index (χ1v) is 17.7. The number of hydrogen-bond acceptors (Lipinski definition) is 8. The zero-order valence-corrected chi connectivity index (χ0v) is 28.0. The number of anilines is 1. The summed E-state index contributed by atoms with van der Waals surface area (Å²) in [6.45, 7) is 12.0. The number of esters is 1. The molecule has 0 spiro atoms. The van der Waals surface area contributed by atoms with E-state index in [1.165, 1.54) is 30.4 Å². The molecule has 2 aromatic rings. The van der Waals surface area contributed by atoms with E-state index >= 15 is 0 Å². The van der Waals surface area contributed by atoms with Gasteiger partial charge in [-0.1, -0.05) is 30.3 Å². The smallest absolute Gasteiger partial charge is 0.310 e. The van der Waals surface area contributed by atoms with E-state index in [1.54, 1.807) is 0 Å². The van der Waals surface area contributed by atoms with E-state index in [9.17, 15) is 10.1 Å². The summed E-state index contributed by atoms with van der Waals surface area (Å²) in [5.74, 6) is 4.63. The lowest BCUT2D eigenvalue weighted by Crippen LogP contribution is -2.38. The Morgan fingerprint density at radius 3 is 2.35 bits per heavy atom. The molecule has 46 heavy (non-hydrogen) atoms. The SMILES string of the molecule is CN1CCC[C@H]1COc1nc(N2C[C@@H]3C4C(C(=O)OC(C)(C)C)C5[C@@H](CC[C@@H]43)[C@H]5C2)c2c(c1C#N)CN(Cc1ccccc1)CC2. The van der Waals surface area contributed by atoms with Crippen molar-refractivity contribution < 1.29 is 14.3 Å². The van der Waals surface area contributed by atoms with E-state index in [1.807, 2.05) is 20.8 Å². The Kier molecular flexibility index (Phi) is 7.57. The Morgan fingerprint density at radius 1 is 1.00 bits per heavy atom. The first-order chi connectivity index (χ1) is 22.2. The van der Waals surface area contributed by atoms with Crippen LogP contribution in [0.5, 0.6) is 5.88 Å². The molecule has 5 fully saturated rings. The molecule has 2 saturated heterocycles. The number of pyridine rings is 1. The van der Waals surface area contributed by atoms with Crippen LogP contribution in [0.3, 0.4) is 0 Å². The van der Waals surface area contributed by atoms with Gasteiger partial charge in [0.25, 0.3) is 0 Å². The molecular formula is C38H49N5O3. The van der Waals surface area contributed by atoms with E-state index in [0.29, 0.717) is 59.6 Å². The Bertz CT molecular complexity index is 1510. The summed E-state index contributed by atoms with van der Waals surface area (Å²) in [5, 5.41) is 10.6. The van der Waals surface area contributed by atoms with Crippen molar-refractivity contribution in [3.8, 4) is 11.9 Å². The highest BCUT2D eigenvalue weighted by Gasteiger charge is 2.70. The van der Waals surface area contributed by atoms with Gasteiger partial charge in [0, 0.05) is 44.3 Å². The average Bonchev–Trinajstić information content (AvgIpc) is 3.83. The number of rotatable bonds is 7. The summed E-state index contributed by atoms with van der Waals surface area (Å²) in [6.07, 6.45) is 5.63. The monoisotopic (exact) mass is 623 g/mol. The molecule has 0 amide bonds. The summed E-state index contributed by atoms with van der Waals surface area (Å²) in [7, 11) is 2.16. The van der Waals surface area contributed by atoms with Crippen LogP contribution in [-0.2, 0) is 29.0 Å². The second-order valence-electron chi connectivity index (χ2n) is 16.1. The zero-order chi connectivity index (χ0) is 31.7. The van der Waals surface area contributed by atoms with Gasteiger partial charge in [-0.25, -0.2) is 0 Å². The second kappa shape index (κ2) is 11.5. The fourth-order valence-electron chi connectivity index (χ4n) is 9.89. The summed E-state index contributed by atoms with van der Waals surface area (Å²) >= 11 is 0. The third-order valence-corrected chi connectivity index (χ3v) is 12.2. The summed E-state index contributed by atoms with van der Waals surface area (Å²) < 4.78 is 12.6. The van der Waals surface area contributed by atoms with E-state index in [-0.39, 0.29) is 11.9 Å². The molecule has 3 aliphatic heterocycles. The van der Waals surface area contributed by atoms with Gasteiger partial charge in [-0.15, -0.1) is 0 Å². The first kappa shape index (κ1) is 30.2. The molecule has 0 radical (unpaired) electrons. The first-order valence-electron chi connectivity index (χ1n) is 17.7.